The average molecular weight is 325 g/mol. The summed E-state index contributed by atoms with van der Waals surface area (Å²) in [6, 6.07) is 12.0. The van der Waals surface area contributed by atoms with Gasteiger partial charge in [0.1, 0.15) is 5.69 Å². The zero-order valence-corrected chi connectivity index (χ0v) is 15.2. The van der Waals surface area contributed by atoms with E-state index in [9.17, 15) is 4.79 Å². The van der Waals surface area contributed by atoms with E-state index >= 15 is 0 Å². The van der Waals surface area contributed by atoms with Crippen LogP contribution in [0.2, 0.25) is 0 Å². The van der Waals surface area contributed by atoms with E-state index in [0.717, 1.165) is 17.8 Å². The molecule has 0 bridgehead atoms. The number of carbonyl (C=O) groups is 1. The highest BCUT2D eigenvalue weighted by molar-refractivity contribution is 6.02. The normalized spacial score (nSPS) is 12.5. The van der Waals surface area contributed by atoms with Gasteiger partial charge >= 0.3 is 0 Å². The van der Waals surface area contributed by atoms with Crippen LogP contribution in [-0.2, 0) is 5.41 Å². The zero-order valence-electron chi connectivity index (χ0n) is 15.2. The number of aromatic nitrogens is 1. The molecule has 2 aromatic rings. The fourth-order valence-corrected chi connectivity index (χ4v) is 2.25. The van der Waals surface area contributed by atoms with Crippen molar-refractivity contribution in [3.8, 4) is 0 Å². The minimum absolute atomic E-state index is 0.0998. The number of nitrogens with zero attached hydrogens (tertiary/aromatic N) is 1. The van der Waals surface area contributed by atoms with Crippen molar-refractivity contribution >= 4 is 17.3 Å². The second kappa shape index (κ2) is 7.47. The van der Waals surface area contributed by atoms with E-state index in [1.165, 1.54) is 5.56 Å². The van der Waals surface area contributed by atoms with Gasteiger partial charge < -0.3 is 10.6 Å². The van der Waals surface area contributed by atoms with E-state index in [4.69, 9.17) is 0 Å². The third-order valence-electron chi connectivity index (χ3n) is 4.03. The summed E-state index contributed by atoms with van der Waals surface area (Å²) >= 11 is 0. The average Bonchev–Trinajstić information content (AvgIpc) is 2.55. The van der Waals surface area contributed by atoms with Crippen LogP contribution in [0.5, 0.6) is 0 Å². The van der Waals surface area contributed by atoms with Gasteiger partial charge in [0.05, 0.1) is 11.9 Å². The number of amides is 1. The number of hydrogen-bond acceptors (Lipinski definition) is 3. The lowest BCUT2D eigenvalue weighted by atomic mass is 9.87. The maximum absolute atomic E-state index is 12.3. The lowest BCUT2D eigenvalue weighted by Crippen LogP contribution is -2.16. The molecule has 0 aliphatic heterocycles. The molecule has 0 radical (unpaired) electrons. The van der Waals surface area contributed by atoms with E-state index in [1.54, 1.807) is 12.3 Å². The molecule has 1 aromatic carbocycles. The Balaban J connectivity index is 2.02. The molecule has 1 heterocycles. The SMILES string of the molecule is CCC(C)Nc1ccc(C(=O)Nc2ccc(C(C)(C)C)cc2)nc1. The summed E-state index contributed by atoms with van der Waals surface area (Å²) in [5.74, 6) is -0.200. The second-order valence-electron chi connectivity index (χ2n) is 7.17. The molecule has 0 saturated heterocycles. The molecule has 4 heteroatoms. The Morgan fingerprint density at radius 3 is 2.21 bits per heavy atom. The summed E-state index contributed by atoms with van der Waals surface area (Å²) in [7, 11) is 0. The van der Waals surface area contributed by atoms with E-state index in [2.05, 4.69) is 50.2 Å². The van der Waals surface area contributed by atoms with Gasteiger partial charge in [-0.15, -0.1) is 0 Å². The minimum Gasteiger partial charge on any atom is -0.381 e. The summed E-state index contributed by atoms with van der Waals surface area (Å²) in [4.78, 5) is 16.5. The van der Waals surface area contributed by atoms with Crippen LogP contribution in [0.1, 0.15) is 57.1 Å². The van der Waals surface area contributed by atoms with Crippen molar-refractivity contribution in [2.75, 3.05) is 10.6 Å². The molecule has 1 unspecified atom stereocenters. The van der Waals surface area contributed by atoms with Gasteiger partial charge in [0, 0.05) is 11.7 Å². The van der Waals surface area contributed by atoms with Crippen molar-refractivity contribution in [3.63, 3.8) is 0 Å². The van der Waals surface area contributed by atoms with E-state index in [0.29, 0.717) is 11.7 Å². The van der Waals surface area contributed by atoms with Crippen LogP contribution < -0.4 is 10.6 Å². The van der Waals surface area contributed by atoms with Crippen LogP contribution in [0.4, 0.5) is 11.4 Å². The molecule has 4 nitrogen and oxygen atoms in total. The summed E-state index contributed by atoms with van der Waals surface area (Å²) in [5, 5.41) is 6.22. The van der Waals surface area contributed by atoms with Gasteiger partial charge in [-0.05, 0) is 48.6 Å². The summed E-state index contributed by atoms with van der Waals surface area (Å²) < 4.78 is 0. The van der Waals surface area contributed by atoms with Crippen molar-refractivity contribution in [1.29, 1.82) is 0 Å². The number of carbonyl (C=O) groups excluding carboxylic acids is 1. The molecular formula is C20H27N3O. The topological polar surface area (TPSA) is 54.0 Å². The third-order valence-corrected chi connectivity index (χ3v) is 4.03. The first-order valence-electron chi connectivity index (χ1n) is 8.44. The number of anilines is 2. The lowest BCUT2D eigenvalue weighted by Gasteiger charge is -2.19. The van der Waals surface area contributed by atoms with Gasteiger partial charge in [-0.1, -0.05) is 39.8 Å². The Hall–Kier alpha value is -2.36. The van der Waals surface area contributed by atoms with Crippen molar-refractivity contribution in [1.82, 2.24) is 4.98 Å². The van der Waals surface area contributed by atoms with Gasteiger partial charge in [-0.3, -0.25) is 4.79 Å². The first-order valence-corrected chi connectivity index (χ1v) is 8.44. The predicted octanol–water partition coefficient (Wildman–Crippen LogP) is 4.84. The monoisotopic (exact) mass is 325 g/mol. The highest BCUT2D eigenvalue weighted by Crippen LogP contribution is 2.23. The van der Waals surface area contributed by atoms with Gasteiger partial charge in [0.25, 0.3) is 5.91 Å². The molecule has 24 heavy (non-hydrogen) atoms. The maximum Gasteiger partial charge on any atom is 0.274 e. The van der Waals surface area contributed by atoms with Crippen molar-refractivity contribution in [2.24, 2.45) is 0 Å². The predicted molar refractivity (Wildman–Crippen MR) is 101 cm³/mol. The third kappa shape index (κ3) is 4.82. The summed E-state index contributed by atoms with van der Waals surface area (Å²) in [6.45, 7) is 10.7. The number of pyridine rings is 1. The standard InChI is InChI=1S/C20H27N3O/c1-6-14(2)22-17-11-12-18(21-13-17)19(24)23-16-9-7-15(8-10-16)20(3,4)5/h7-14,22H,6H2,1-5H3,(H,23,24). The highest BCUT2D eigenvalue weighted by atomic mass is 16.1. The van der Waals surface area contributed by atoms with Gasteiger partial charge in [-0.25, -0.2) is 4.98 Å². The van der Waals surface area contributed by atoms with E-state index < -0.39 is 0 Å². The molecule has 2 N–H and O–H groups in total. The Kier molecular flexibility index (Phi) is 5.60. The number of hydrogen-bond donors (Lipinski definition) is 2. The molecule has 128 valence electrons. The lowest BCUT2D eigenvalue weighted by molar-refractivity contribution is 0.102. The first kappa shape index (κ1) is 18.0. The highest BCUT2D eigenvalue weighted by Gasteiger charge is 2.14. The number of benzene rings is 1. The minimum atomic E-state index is -0.200. The summed E-state index contributed by atoms with van der Waals surface area (Å²) in [6.07, 6.45) is 2.73. The van der Waals surface area contributed by atoms with Crippen LogP contribution in [0.3, 0.4) is 0 Å². The van der Waals surface area contributed by atoms with Crippen LogP contribution in [0, 0.1) is 0 Å². The molecule has 0 aliphatic carbocycles. The molecule has 2 rings (SSSR count). The molecule has 0 spiro atoms. The van der Waals surface area contributed by atoms with Crippen molar-refractivity contribution < 1.29 is 4.79 Å². The fourth-order valence-electron chi connectivity index (χ4n) is 2.25. The van der Waals surface area contributed by atoms with Crippen molar-refractivity contribution in [2.45, 2.75) is 52.5 Å². The molecule has 0 aliphatic rings. The Labute approximate surface area is 144 Å². The molecule has 0 saturated carbocycles. The molecule has 1 atom stereocenters. The Morgan fingerprint density at radius 2 is 1.71 bits per heavy atom. The fraction of sp³-hybridized carbons (Fsp3) is 0.400. The molecular weight excluding hydrogens is 298 g/mol. The molecule has 1 amide bonds. The number of rotatable bonds is 5. The largest absolute Gasteiger partial charge is 0.381 e. The molecule has 1 aromatic heterocycles. The maximum atomic E-state index is 12.3. The quantitative estimate of drug-likeness (QED) is 0.827. The van der Waals surface area contributed by atoms with Crippen molar-refractivity contribution in [3.05, 3.63) is 53.9 Å². The van der Waals surface area contributed by atoms with Crippen LogP contribution >= 0.6 is 0 Å². The van der Waals surface area contributed by atoms with Gasteiger partial charge in [0.15, 0.2) is 0 Å². The van der Waals surface area contributed by atoms with Crippen LogP contribution in [0.25, 0.3) is 0 Å². The van der Waals surface area contributed by atoms with Gasteiger partial charge in [0.2, 0.25) is 0 Å². The van der Waals surface area contributed by atoms with Gasteiger partial charge in [-0.2, -0.15) is 0 Å². The smallest absolute Gasteiger partial charge is 0.274 e. The second-order valence-corrected chi connectivity index (χ2v) is 7.17. The van der Waals surface area contributed by atoms with E-state index in [1.807, 2.05) is 30.3 Å². The van der Waals surface area contributed by atoms with E-state index in [-0.39, 0.29) is 11.3 Å². The summed E-state index contributed by atoms with van der Waals surface area (Å²) in [5.41, 5.74) is 3.44. The molecule has 0 fully saturated rings. The Morgan fingerprint density at radius 1 is 1.08 bits per heavy atom. The number of nitrogens with one attached hydrogen (secondary N) is 2. The van der Waals surface area contributed by atoms with Crippen LogP contribution in [-0.4, -0.2) is 16.9 Å². The zero-order chi connectivity index (χ0) is 17.7. The first-order chi connectivity index (χ1) is 11.3. The Bertz CT molecular complexity index is 670. The van der Waals surface area contributed by atoms with Crippen LogP contribution in [0.15, 0.2) is 42.6 Å².